The molecule has 1 N–H and O–H groups in total. The molecule has 1 amide bonds. The van der Waals surface area contributed by atoms with E-state index in [-0.39, 0.29) is 29.1 Å². The SMILES string of the molecule is C[C@@H](NC(=O)c1ccc(=O)n(-c2cncc(-c3cnnn3[C@H]3CC3(F)F)c2)n1)c1cccc(C(C)(F)F)c1F. The van der Waals surface area contributed by atoms with Crippen LogP contribution in [0, 0.1) is 5.82 Å². The van der Waals surface area contributed by atoms with E-state index in [0.29, 0.717) is 12.5 Å². The van der Waals surface area contributed by atoms with Crippen molar-refractivity contribution in [3.05, 3.63) is 88.0 Å². The van der Waals surface area contributed by atoms with Gasteiger partial charge in [0.25, 0.3) is 23.3 Å². The predicted octanol–water partition coefficient (Wildman–Crippen LogP) is 4.21. The van der Waals surface area contributed by atoms with Gasteiger partial charge in [-0.15, -0.1) is 5.10 Å². The minimum absolute atomic E-state index is 0.124. The molecule has 39 heavy (non-hydrogen) atoms. The van der Waals surface area contributed by atoms with E-state index < -0.39 is 46.8 Å². The summed E-state index contributed by atoms with van der Waals surface area (Å²) in [5, 5.41) is 14.0. The highest BCUT2D eigenvalue weighted by atomic mass is 19.3. The van der Waals surface area contributed by atoms with Gasteiger partial charge in [-0.1, -0.05) is 23.4 Å². The molecule has 1 aliphatic carbocycles. The van der Waals surface area contributed by atoms with E-state index in [1.54, 1.807) is 0 Å². The van der Waals surface area contributed by atoms with Crippen LogP contribution in [0.3, 0.4) is 0 Å². The molecule has 4 aromatic rings. The molecule has 0 saturated heterocycles. The van der Waals surface area contributed by atoms with Crippen LogP contribution in [0.1, 0.15) is 54.0 Å². The number of carbonyl (C=O) groups excluding carboxylic acids is 1. The summed E-state index contributed by atoms with van der Waals surface area (Å²) in [5.74, 6) is -8.26. The van der Waals surface area contributed by atoms with Gasteiger partial charge in [0.15, 0.2) is 0 Å². The van der Waals surface area contributed by atoms with Crippen LogP contribution in [0.25, 0.3) is 16.9 Å². The lowest BCUT2D eigenvalue weighted by Gasteiger charge is -2.19. The van der Waals surface area contributed by atoms with Gasteiger partial charge in [0.2, 0.25) is 0 Å². The molecular weight excluding hydrogens is 525 g/mol. The molecule has 0 unspecified atom stereocenters. The van der Waals surface area contributed by atoms with E-state index in [2.05, 4.69) is 25.7 Å². The minimum atomic E-state index is -3.42. The van der Waals surface area contributed by atoms with Crippen molar-refractivity contribution in [2.75, 3.05) is 0 Å². The van der Waals surface area contributed by atoms with Crippen LogP contribution >= 0.6 is 0 Å². The quantitative estimate of drug-likeness (QED) is 0.349. The first-order valence-corrected chi connectivity index (χ1v) is 11.7. The zero-order valence-corrected chi connectivity index (χ0v) is 20.4. The number of nitrogens with zero attached hydrogens (tertiary/aromatic N) is 6. The van der Waals surface area contributed by atoms with Gasteiger partial charge in [0.05, 0.1) is 35.4 Å². The Morgan fingerprint density at radius 1 is 1.18 bits per heavy atom. The summed E-state index contributed by atoms with van der Waals surface area (Å²) in [4.78, 5) is 29.5. The number of hydrogen-bond acceptors (Lipinski definition) is 6. The number of alkyl halides is 4. The van der Waals surface area contributed by atoms with Crippen molar-refractivity contribution in [3.8, 4) is 16.9 Å². The van der Waals surface area contributed by atoms with Crippen molar-refractivity contribution >= 4 is 5.91 Å². The van der Waals surface area contributed by atoms with E-state index in [1.165, 1.54) is 43.7 Å². The molecule has 0 radical (unpaired) electrons. The molecule has 1 saturated carbocycles. The van der Waals surface area contributed by atoms with E-state index in [4.69, 9.17) is 0 Å². The van der Waals surface area contributed by atoms with E-state index in [0.717, 1.165) is 27.6 Å². The highest BCUT2D eigenvalue weighted by Crippen LogP contribution is 2.53. The first-order chi connectivity index (χ1) is 18.4. The summed E-state index contributed by atoms with van der Waals surface area (Å²) in [7, 11) is 0. The van der Waals surface area contributed by atoms with Gasteiger partial charge in [-0.2, -0.15) is 9.78 Å². The summed E-state index contributed by atoms with van der Waals surface area (Å²) < 4.78 is 71.4. The fourth-order valence-electron chi connectivity index (χ4n) is 4.12. The second-order valence-corrected chi connectivity index (χ2v) is 9.24. The molecule has 0 bridgehead atoms. The number of aromatic nitrogens is 6. The number of benzene rings is 1. The van der Waals surface area contributed by atoms with Crippen LogP contribution in [0.2, 0.25) is 0 Å². The topological polar surface area (TPSA) is 108 Å². The number of pyridine rings is 1. The van der Waals surface area contributed by atoms with Crippen molar-refractivity contribution < 1.29 is 26.7 Å². The number of rotatable bonds is 7. The van der Waals surface area contributed by atoms with Gasteiger partial charge in [0.1, 0.15) is 17.6 Å². The van der Waals surface area contributed by atoms with Crippen LogP contribution < -0.4 is 10.9 Å². The molecule has 9 nitrogen and oxygen atoms in total. The van der Waals surface area contributed by atoms with Gasteiger partial charge in [-0.3, -0.25) is 14.6 Å². The third-order valence-electron chi connectivity index (χ3n) is 6.28. The standard InChI is InChI=1S/C25H20F5N7O2/c1-13(16-4-3-5-17(22(16)26)24(2,27)28)33-23(39)18-6-7-21(38)36(34-18)15-8-14(10-31-11-15)19-12-32-35-37(19)20-9-25(20,29)30/h3-8,10-13,20H,9H2,1-2H3,(H,33,39)/t13-,20+/m1/s1. The van der Waals surface area contributed by atoms with Crippen molar-refractivity contribution in [1.82, 2.24) is 35.1 Å². The zero-order chi connectivity index (χ0) is 28.1. The molecular formula is C25H20F5N7O2. The average molecular weight is 545 g/mol. The monoisotopic (exact) mass is 545 g/mol. The van der Waals surface area contributed by atoms with Gasteiger partial charge in [0, 0.05) is 36.7 Å². The highest BCUT2D eigenvalue weighted by Gasteiger charge is 2.59. The second-order valence-electron chi connectivity index (χ2n) is 9.24. The summed E-state index contributed by atoms with van der Waals surface area (Å²) >= 11 is 0. The number of halogens is 5. The molecule has 3 aromatic heterocycles. The van der Waals surface area contributed by atoms with Crippen molar-refractivity contribution in [2.45, 2.75) is 44.2 Å². The lowest BCUT2D eigenvalue weighted by molar-refractivity contribution is 0.0135. The smallest absolute Gasteiger partial charge is 0.273 e. The maximum atomic E-state index is 14.7. The van der Waals surface area contributed by atoms with Gasteiger partial charge in [-0.25, -0.2) is 26.6 Å². The molecule has 202 valence electrons. The summed E-state index contributed by atoms with van der Waals surface area (Å²) in [5.41, 5.74) is -1.10. The first-order valence-electron chi connectivity index (χ1n) is 11.7. The van der Waals surface area contributed by atoms with Crippen LogP contribution in [0.4, 0.5) is 22.0 Å². The Morgan fingerprint density at radius 2 is 1.92 bits per heavy atom. The number of nitrogens with one attached hydrogen (secondary N) is 1. The molecule has 1 aromatic carbocycles. The highest BCUT2D eigenvalue weighted by molar-refractivity contribution is 5.92. The lowest BCUT2D eigenvalue weighted by atomic mass is 10.0. The zero-order valence-electron chi connectivity index (χ0n) is 20.4. The number of carbonyl (C=O) groups is 1. The average Bonchev–Trinajstić information content (AvgIpc) is 3.27. The number of hydrogen-bond donors (Lipinski definition) is 1. The molecule has 0 spiro atoms. The molecule has 1 fully saturated rings. The molecule has 1 aliphatic rings. The maximum absolute atomic E-state index is 14.7. The summed E-state index contributed by atoms with van der Waals surface area (Å²) in [6, 6.07) is 5.03. The normalized spacial score (nSPS) is 17.1. The van der Waals surface area contributed by atoms with Gasteiger partial charge < -0.3 is 5.32 Å². The van der Waals surface area contributed by atoms with E-state index in [9.17, 15) is 31.5 Å². The minimum Gasteiger partial charge on any atom is -0.344 e. The summed E-state index contributed by atoms with van der Waals surface area (Å²) in [6.45, 7) is 1.98. The molecule has 2 atom stereocenters. The Labute approximate surface area is 217 Å². The molecule has 14 heteroatoms. The fourth-order valence-corrected chi connectivity index (χ4v) is 4.12. The maximum Gasteiger partial charge on any atom is 0.273 e. The Bertz CT molecular complexity index is 1630. The van der Waals surface area contributed by atoms with Crippen molar-refractivity contribution in [3.63, 3.8) is 0 Å². The Hall–Kier alpha value is -4.49. The Balaban J connectivity index is 1.41. The van der Waals surface area contributed by atoms with Crippen molar-refractivity contribution in [2.24, 2.45) is 0 Å². The van der Waals surface area contributed by atoms with Crippen LogP contribution in [-0.2, 0) is 5.92 Å². The van der Waals surface area contributed by atoms with E-state index >= 15 is 0 Å². The molecule has 3 heterocycles. The molecule has 0 aliphatic heterocycles. The van der Waals surface area contributed by atoms with Gasteiger partial charge in [-0.05, 0) is 19.1 Å². The van der Waals surface area contributed by atoms with Gasteiger partial charge >= 0.3 is 0 Å². The summed E-state index contributed by atoms with van der Waals surface area (Å²) in [6.07, 6.45) is 3.58. The predicted molar refractivity (Wildman–Crippen MR) is 127 cm³/mol. The van der Waals surface area contributed by atoms with E-state index in [1.807, 2.05) is 0 Å². The lowest BCUT2D eigenvalue weighted by Crippen LogP contribution is -2.31. The number of amides is 1. The largest absolute Gasteiger partial charge is 0.344 e. The van der Waals surface area contributed by atoms with Crippen LogP contribution in [-0.4, -0.2) is 41.6 Å². The third kappa shape index (κ3) is 5.01. The Kier molecular flexibility index (Phi) is 6.27. The Morgan fingerprint density at radius 3 is 2.62 bits per heavy atom. The van der Waals surface area contributed by atoms with Crippen molar-refractivity contribution in [1.29, 1.82) is 0 Å². The van der Waals surface area contributed by atoms with Crippen LogP contribution in [0.15, 0.2) is 59.8 Å². The first kappa shape index (κ1) is 26.1. The second kappa shape index (κ2) is 9.36. The third-order valence-corrected chi connectivity index (χ3v) is 6.28. The fraction of sp³-hybridized carbons (Fsp3) is 0.280. The molecule has 5 rings (SSSR count). The van der Waals surface area contributed by atoms with Crippen LogP contribution in [0.5, 0.6) is 0 Å².